The minimum Gasteiger partial charge on any atom is -0.467 e. The fourth-order valence-corrected chi connectivity index (χ4v) is 1.64. The Bertz CT molecular complexity index is 546. The van der Waals surface area contributed by atoms with E-state index in [1.807, 2.05) is 24.3 Å². The van der Waals surface area contributed by atoms with Crippen LogP contribution in [0.25, 0.3) is 0 Å². The van der Waals surface area contributed by atoms with Crippen LogP contribution in [-0.2, 0) is 6.42 Å². The van der Waals surface area contributed by atoms with Gasteiger partial charge in [0, 0.05) is 0 Å². The Labute approximate surface area is 116 Å². The predicted octanol–water partition coefficient (Wildman–Crippen LogP) is 2.43. The first-order valence-corrected chi connectivity index (χ1v) is 6.14. The Hall–Kier alpha value is -1.85. The van der Waals surface area contributed by atoms with Crippen molar-refractivity contribution in [1.82, 2.24) is 9.97 Å². The van der Waals surface area contributed by atoms with Crippen molar-refractivity contribution in [3.8, 4) is 17.6 Å². The molecule has 100 valence electrons. The van der Waals surface area contributed by atoms with Gasteiger partial charge in [-0.3, -0.25) is 0 Å². The summed E-state index contributed by atoms with van der Waals surface area (Å²) >= 11 is 5.96. The molecule has 1 aromatic carbocycles. The Balaban J connectivity index is 2.16. The van der Waals surface area contributed by atoms with Crippen molar-refractivity contribution in [2.75, 3.05) is 13.7 Å². The standard InChI is InChI=1S/C13H14ClN3O2/c1-18-13-16-8-11(14)12(17-13)19-10-4-2-9(3-5-10)6-7-15/h2-5,8H,6-7,15H2,1H3. The van der Waals surface area contributed by atoms with Crippen LogP contribution in [0.15, 0.2) is 30.5 Å². The van der Waals surface area contributed by atoms with Gasteiger partial charge in [0.15, 0.2) is 0 Å². The first-order chi connectivity index (χ1) is 9.22. The smallest absolute Gasteiger partial charge is 0.319 e. The largest absolute Gasteiger partial charge is 0.467 e. The molecule has 5 nitrogen and oxygen atoms in total. The van der Waals surface area contributed by atoms with E-state index in [-0.39, 0.29) is 11.9 Å². The Morgan fingerprint density at radius 3 is 2.63 bits per heavy atom. The maximum Gasteiger partial charge on any atom is 0.319 e. The number of rotatable bonds is 5. The summed E-state index contributed by atoms with van der Waals surface area (Å²) in [5.41, 5.74) is 6.65. The van der Waals surface area contributed by atoms with Crippen molar-refractivity contribution < 1.29 is 9.47 Å². The highest BCUT2D eigenvalue weighted by Crippen LogP contribution is 2.28. The number of hydrogen-bond donors (Lipinski definition) is 1. The van der Waals surface area contributed by atoms with E-state index in [0.29, 0.717) is 17.3 Å². The number of nitrogens with two attached hydrogens (primary N) is 1. The molecule has 0 unspecified atom stereocenters. The van der Waals surface area contributed by atoms with Crippen molar-refractivity contribution in [3.63, 3.8) is 0 Å². The van der Waals surface area contributed by atoms with E-state index in [1.54, 1.807) is 0 Å². The van der Waals surface area contributed by atoms with E-state index >= 15 is 0 Å². The molecule has 0 amide bonds. The van der Waals surface area contributed by atoms with Crippen LogP contribution < -0.4 is 15.2 Å². The van der Waals surface area contributed by atoms with Gasteiger partial charge in [0.2, 0.25) is 5.88 Å². The van der Waals surface area contributed by atoms with E-state index in [9.17, 15) is 0 Å². The SMILES string of the molecule is COc1ncc(Cl)c(Oc2ccc(CCN)cc2)n1. The van der Waals surface area contributed by atoms with Gasteiger partial charge in [-0.15, -0.1) is 0 Å². The molecular formula is C13H14ClN3O2. The predicted molar refractivity (Wildman–Crippen MR) is 72.9 cm³/mol. The van der Waals surface area contributed by atoms with Gasteiger partial charge in [-0.1, -0.05) is 23.7 Å². The number of nitrogens with zero attached hydrogens (tertiary/aromatic N) is 2. The molecule has 2 N–H and O–H groups in total. The lowest BCUT2D eigenvalue weighted by Crippen LogP contribution is -2.02. The zero-order valence-corrected chi connectivity index (χ0v) is 11.2. The van der Waals surface area contributed by atoms with Crippen molar-refractivity contribution in [2.45, 2.75) is 6.42 Å². The molecule has 2 aromatic rings. The number of hydrogen-bond acceptors (Lipinski definition) is 5. The molecular weight excluding hydrogens is 266 g/mol. The highest BCUT2D eigenvalue weighted by atomic mass is 35.5. The van der Waals surface area contributed by atoms with Gasteiger partial charge in [0.25, 0.3) is 0 Å². The van der Waals surface area contributed by atoms with Gasteiger partial charge >= 0.3 is 6.01 Å². The molecule has 2 rings (SSSR count). The third-order valence-corrected chi connectivity index (χ3v) is 2.70. The quantitative estimate of drug-likeness (QED) is 0.910. The Kier molecular flexibility index (Phi) is 4.54. The molecule has 0 atom stereocenters. The van der Waals surface area contributed by atoms with Crippen molar-refractivity contribution >= 4 is 11.6 Å². The van der Waals surface area contributed by atoms with Crippen LogP contribution in [0.3, 0.4) is 0 Å². The maximum atomic E-state index is 5.96. The van der Waals surface area contributed by atoms with Gasteiger partial charge < -0.3 is 15.2 Å². The number of benzene rings is 1. The van der Waals surface area contributed by atoms with Crippen LogP contribution in [0.5, 0.6) is 17.6 Å². The summed E-state index contributed by atoms with van der Waals surface area (Å²) in [5.74, 6) is 0.906. The summed E-state index contributed by atoms with van der Waals surface area (Å²) in [4.78, 5) is 7.92. The second kappa shape index (κ2) is 6.36. The number of methoxy groups -OCH3 is 1. The molecule has 0 saturated carbocycles. The van der Waals surface area contributed by atoms with Crippen molar-refractivity contribution in [3.05, 3.63) is 41.0 Å². The number of aromatic nitrogens is 2. The lowest BCUT2D eigenvalue weighted by molar-refractivity contribution is 0.366. The van der Waals surface area contributed by atoms with Crippen LogP contribution in [0, 0.1) is 0 Å². The zero-order chi connectivity index (χ0) is 13.7. The minimum atomic E-state index is 0.208. The van der Waals surface area contributed by atoms with Gasteiger partial charge in [-0.2, -0.15) is 4.98 Å². The second-order valence-corrected chi connectivity index (χ2v) is 4.20. The average molecular weight is 280 g/mol. The second-order valence-electron chi connectivity index (χ2n) is 3.79. The lowest BCUT2D eigenvalue weighted by atomic mass is 10.1. The highest BCUT2D eigenvalue weighted by molar-refractivity contribution is 6.31. The monoisotopic (exact) mass is 279 g/mol. The van der Waals surface area contributed by atoms with Gasteiger partial charge in [0.1, 0.15) is 10.8 Å². The lowest BCUT2D eigenvalue weighted by Gasteiger charge is -2.08. The van der Waals surface area contributed by atoms with Gasteiger partial charge in [0.05, 0.1) is 13.3 Å². The Morgan fingerprint density at radius 2 is 2.00 bits per heavy atom. The van der Waals surface area contributed by atoms with E-state index < -0.39 is 0 Å². The summed E-state index contributed by atoms with van der Waals surface area (Å²) in [6, 6.07) is 7.80. The highest BCUT2D eigenvalue weighted by Gasteiger charge is 2.08. The first kappa shape index (κ1) is 13.6. The number of halogens is 1. The fraction of sp³-hybridized carbons (Fsp3) is 0.231. The van der Waals surface area contributed by atoms with E-state index in [0.717, 1.165) is 12.0 Å². The normalized spacial score (nSPS) is 10.3. The molecule has 0 aliphatic rings. The molecule has 0 aliphatic carbocycles. The average Bonchev–Trinajstić information content (AvgIpc) is 2.44. The van der Waals surface area contributed by atoms with Crippen LogP contribution >= 0.6 is 11.6 Å². The van der Waals surface area contributed by atoms with Crippen LogP contribution in [0.2, 0.25) is 5.02 Å². The van der Waals surface area contributed by atoms with Gasteiger partial charge in [-0.05, 0) is 30.7 Å². The van der Waals surface area contributed by atoms with Crippen LogP contribution in [0.1, 0.15) is 5.56 Å². The summed E-state index contributed by atoms with van der Waals surface area (Å²) < 4.78 is 10.5. The van der Waals surface area contributed by atoms with Crippen molar-refractivity contribution in [1.29, 1.82) is 0 Å². The molecule has 1 heterocycles. The summed E-state index contributed by atoms with van der Waals surface area (Å²) in [5, 5.41) is 0.326. The maximum absolute atomic E-state index is 5.96. The topological polar surface area (TPSA) is 70.3 Å². The fourth-order valence-electron chi connectivity index (χ4n) is 1.51. The molecule has 19 heavy (non-hydrogen) atoms. The molecule has 0 fully saturated rings. The molecule has 0 radical (unpaired) electrons. The molecule has 0 aliphatic heterocycles. The van der Waals surface area contributed by atoms with Crippen LogP contribution in [0.4, 0.5) is 0 Å². The van der Waals surface area contributed by atoms with Crippen molar-refractivity contribution in [2.24, 2.45) is 5.73 Å². The van der Waals surface area contributed by atoms with E-state index in [2.05, 4.69) is 9.97 Å². The molecule has 0 spiro atoms. The van der Waals surface area contributed by atoms with Gasteiger partial charge in [-0.25, -0.2) is 4.98 Å². The third kappa shape index (κ3) is 3.56. The summed E-state index contributed by atoms with van der Waals surface area (Å²) in [6.07, 6.45) is 2.27. The first-order valence-electron chi connectivity index (χ1n) is 5.76. The number of ether oxygens (including phenoxy) is 2. The zero-order valence-electron chi connectivity index (χ0n) is 10.5. The third-order valence-electron chi connectivity index (χ3n) is 2.44. The summed E-state index contributed by atoms with van der Waals surface area (Å²) in [6.45, 7) is 0.620. The molecule has 0 bridgehead atoms. The van der Waals surface area contributed by atoms with Crippen LogP contribution in [-0.4, -0.2) is 23.6 Å². The molecule has 0 saturated heterocycles. The van der Waals surface area contributed by atoms with E-state index in [4.69, 9.17) is 26.8 Å². The molecule has 6 heteroatoms. The molecule has 1 aromatic heterocycles. The summed E-state index contributed by atoms with van der Waals surface area (Å²) in [7, 11) is 1.48. The Morgan fingerprint density at radius 1 is 1.26 bits per heavy atom. The van der Waals surface area contributed by atoms with E-state index in [1.165, 1.54) is 13.3 Å². The minimum absolute atomic E-state index is 0.208.